The van der Waals surface area contributed by atoms with E-state index >= 15 is 0 Å². The number of aromatic nitrogens is 1. The third kappa shape index (κ3) is 1.84. The molecule has 0 aromatic carbocycles. The van der Waals surface area contributed by atoms with Crippen molar-refractivity contribution in [2.45, 2.75) is 51.6 Å². The van der Waals surface area contributed by atoms with Crippen molar-refractivity contribution >= 4 is 23.1 Å². The van der Waals surface area contributed by atoms with Crippen molar-refractivity contribution < 1.29 is 4.79 Å². The molecular weight excluding hydrogens is 252 g/mol. The van der Waals surface area contributed by atoms with Crippen LogP contribution in [0.15, 0.2) is 12.3 Å². The number of hydrogen-bond acceptors (Lipinski definition) is 4. The predicted molar refractivity (Wildman–Crippen MR) is 80.9 cm³/mol. The van der Waals surface area contributed by atoms with Crippen LogP contribution in [0.25, 0.3) is 0 Å². The van der Waals surface area contributed by atoms with Gasteiger partial charge in [-0.05, 0) is 25.8 Å². The minimum absolute atomic E-state index is 0.0682. The highest BCUT2D eigenvalue weighted by Crippen LogP contribution is 2.44. The fourth-order valence-electron chi connectivity index (χ4n) is 3.83. The second-order valence-corrected chi connectivity index (χ2v) is 5.66. The number of fused-ring (bicyclic) bond motifs is 2. The number of rotatable bonds is 1. The summed E-state index contributed by atoms with van der Waals surface area (Å²) in [6, 6.07) is 2.63. The first-order valence-corrected chi connectivity index (χ1v) is 7.46. The summed E-state index contributed by atoms with van der Waals surface area (Å²) in [5.74, 6) is 0.527. The van der Waals surface area contributed by atoms with E-state index < -0.39 is 0 Å². The van der Waals surface area contributed by atoms with Crippen molar-refractivity contribution in [3.05, 3.63) is 12.3 Å². The average Bonchev–Trinajstić information content (AvgIpc) is 2.45. The monoisotopic (exact) mass is 274 g/mol. The molecule has 1 fully saturated rings. The number of pyridine rings is 1. The summed E-state index contributed by atoms with van der Waals surface area (Å²) in [6.07, 6.45) is 6.34. The van der Waals surface area contributed by atoms with E-state index in [1.54, 1.807) is 13.1 Å². The standard InChI is InChI=1S/C15H22N4O/c1-3-18-11-6-4-5-7-12(11)19(10(2)20)14-13(18)8-9-17-15(14)16/h8-9,11-12H,3-7H2,1-2H3,(H2,16,17)/t11-,12+/m0/s1. The highest BCUT2D eigenvalue weighted by atomic mass is 16.2. The molecule has 2 atom stereocenters. The van der Waals surface area contributed by atoms with E-state index in [-0.39, 0.29) is 11.9 Å². The van der Waals surface area contributed by atoms with Gasteiger partial charge >= 0.3 is 0 Å². The zero-order valence-corrected chi connectivity index (χ0v) is 12.2. The van der Waals surface area contributed by atoms with Crippen molar-refractivity contribution in [2.75, 3.05) is 22.1 Å². The van der Waals surface area contributed by atoms with Gasteiger partial charge in [0.25, 0.3) is 0 Å². The maximum atomic E-state index is 12.2. The Morgan fingerprint density at radius 1 is 1.40 bits per heavy atom. The van der Waals surface area contributed by atoms with E-state index in [0.29, 0.717) is 11.9 Å². The van der Waals surface area contributed by atoms with Crippen LogP contribution in [0.3, 0.4) is 0 Å². The molecule has 3 rings (SSSR count). The summed E-state index contributed by atoms with van der Waals surface area (Å²) < 4.78 is 0. The van der Waals surface area contributed by atoms with Crippen LogP contribution in [-0.2, 0) is 4.79 Å². The Labute approximate surface area is 119 Å². The number of carbonyl (C=O) groups excluding carboxylic acids is 1. The number of nitrogen functional groups attached to an aromatic ring is 1. The molecule has 1 saturated carbocycles. The van der Waals surface area contributed by atoms with Gasteiger partial charge in [0.2, 0.25) is 5.91 Å². The van der Waals surface area contributed by atoms with Gasteiger partial charge in [-0.2, -0.15) is 0 Å². The van der Waals surface area contributed by atoms with Crippen molar-refractivity contribution in [2.24, 2.45) is 0 Å². The van der Waals surface area contributed by atoms with E-state index in [4.69, 9.17) is 5.73 Å². The van der Waals surface area contributed by atoms with Gasteiger partial charge in [0.15, 0.2) is 0 Å². The first kappa shape index (κ1) is 13.2. The van der Waals surface area contributed by atoms with Crippen LogP contribution >= 0.6 is 0 Å². The van der Waals surface area contributed by atoms with E-state index in [9.17, 15) is 4.79 Å². The largest absolute Gasteiger partial charge is 0.382 e. The second kappa shape index (κ2) is 4.96. The number of amides is 1. The van der Waals surface area contributed by atoms with Crippen LogP contribution < -0.4 is 15.5 Å². The third-order valence-corrected chi connectivity index (χ3v) is 4.59. The van der Waals surface area contributed by atoms with Crippen LogP contribution in [-0.4, -0.2) is 29.5 Å². The van der Waals surface area contributed by atoms with E-state index in [0.717, 1.165) is 30.8 Å². The number of nitrogens with zero attached hydrogens (tertiary/aromatic N) is 3. The summed E-state index contributed by atoms with van der Waals surface area (Å²) in [5.41, 5.74) is 7.94. The fraction of sp³-hybridized carbons (Fsp3) is 0.600. The average molecular weight is 274 g/mol. The molecule has 2 heterocycles. The molecule has 0 spiro atoms. The van der Waals surface area contributed by atoms with Gasteiger partial charge in [0.1, 0.15) is 11.5 Å². The zero-order valence-electron chi connectivity index (χ0n) is 12.2. The zero-order chi connectivity index (χ0) is 14.3. The predicted octanol–water partition coefficient (Wildman–Crippen LogP) is 2.17. The number of anilines is 3. The van der Waals surface area contributed by atoms with Gasteiger partial charge in [-0.1, -0.05) is 12.8 Å². The lowest BCUT2D eigenvalue weighted by Gasteiger charge is -2.51. The molecule has 0 radical (unpaired) electrons. The van der Waals surface area contributed by atoms with Gasteiger partial charge in [-0.25, -0.2) is 4.98 Å². The van der Waals surface area contributed by atoms with Crippen LogP contribution in [0.1, 0.15) is 39.5 Å². The summed E-state index contributed by atoms with van der Waals surface area (Å²) in [5, 5.41) is 0. The SMILES string of the molecule is CCN1c2ccnc(N)c2N(C(C)=O)[C@@H]2CCCC[C@@H]21. The maximum absolute atomic E-state index is 12.2. The highest BCUT2D eigenvalue weighted by Gasteiger charge is 2.42. The third-order valence-electron chi connectivity index (χ3n) is 4.59. The molecule has 2 aliphatic rings. The first-order valence-electron chi connectivity index (χ1n) is 7.46. The summed E-state index contributed by atoms with van der Waals surface area (Å²) in [6.45, 7) is 4.72. The quantitative estimate of drug-likeness (QED) is 0.852. The van der Waals surface area contributed by atoms with Gasteiger partial charge in [0, 0.05) is 25.7 Å². The summed E-state index contributed by atoms with van der Waals surface area (Å²) in [4.78, 5) is 20.7. The molecular formula is C15H22N4O. The first-order chi connectivity index (χ1) is 9.65. The topological polar surface area (TPSA) is 62.5 Å². The van der Waals surface area contributed by atoms with Gasteiger partial charge < -0.3 is 15.5 Å². The number of hydrogen-bond donors (Lipinski definition) is 1. The highest BCUT2D eigenvalue weighted by molar-refractivity contribution is 6.00. The molecule has 20 heavy (non-hydrogen) atoms. The molecule has 0 bridgehead atoms. The van der Waals surface area contributed by atoms with Crippen molar-refractivity contribution in [3.8, 4) is 0 Å². The van der Waals surface area contributed by atoms with Crippen molar-refractivity contribution in [3.63, 3.8) is 0 Å². The molecule has 1 aromatic heterocycles. The Bertz CT molecular complexity index is 531. The fourth-order valence-corrected chi connectivity index (χ4v) is 3.83. The molecule has 0 unspecified atom stereocenters. The summed E-state index contributed by atoms with van der Waals surface area (Å²) in [7, 11) is 0. The Balaban J connectivity index is 2.18. The van der Waals surface area contributed by atoms with E-state index in [1.165, 1.54) is 12.8 Å². The van der Waals surface area contributed by atoms with Crippen LogP contribution in [0.2, 0.25) is 0 Å². The molecule has 2 N–H and O–H groups in total. The molecule has 1 amide bonds. The van der Waals surface area contributed by atoms with E-state index in [2.05, 4.69) is 16.8 Å². The van der Waals surface area contributed by atoms with Crippen LogP contribution in [0, 0.1) is 0 Å². The molecule has 5 nitrogen and oxygen atoms in total. The molecule has 1 aliphatic heterocycles. The van der Waals surface area contributed by atoms with Crippen LogP contribution in [0.5, 0.6) is 0 Å². The van der Waals surface area contributed by atoms with Gasteiger partial charge in [-0.15, -0.1) is 0 Å². The Kier molecular flexibility index (Phi) is 3.28. The molecule has 0 saturated heterocycles. The Morgan fingerprint density at radius 3 is 2.75 bits per heavy atom. The molecule has 5 heteroatoms. The minimum Gasteiger partial charge on any atom is -0.382 e. The Hall–Kier alpha value is -1.78. The lowest BCUT2D eigenvalue weighted by molar-refractivity contribution is -0.117. The molecule has 1 aliphatic carbocycles. The lowest BCUT2D eigenvalue weighted by Crippen LogP contribution is -2.59. The van der Waals surface area contributed by atoms with Crippen molar-refractivity contribution in [1.29, 1.82) is 0 Å². The van der Waals surface area contributed by atoms with Gasteiger partial charge in [0.05, 0.1) is 11.7 Å². The number of likely N-dealkylation sites (N-methyl/N-ethyl adjacent to an activating group) is 1. The number of carbonyl (C=O) groups is 1. The Morgan fingerprint density at radius 2 is 2.10 bits per heavy atom. The van der Waals surface area contributed by atoms with Crippen LogP contribution in [0.4, 0.5) is 17.2 Å². The minimum atomic E-state index is 0.0682. The van der Waals surface area contributed by atoms with Crippen molar-refractivity contribution in [1.82, 2.24) is 4.98 Å². The second-order valence-electron chi connectivity index (χ2n) is 5.66. The maximum Gasteiger partial charge on any atom is 0.224 e. The smallest absolute Gasteiger partial charge is 0.224 e. The normalized spacial score (nSPS) is 25.1. The van der Waals surface area contributed by atoms with Gasteiger partial charge in [-0.3, -0.25) is 4.79 Å². The molecule has 1 aromatic rings. The molecule has 108 valence electrons. The van der Waals surface area contributed by atoms with E-state index in [1.807, 2.05) is 11.0 Å². The lowest BCUT2D eigenvalue weighted by atomic mass is 9.85. The summed E-state index contributed by atoms with van der Waals surface area (Å²) >= 11 is 0. The number of nitrogens with two attached hydrogens (primary N) is 1.